The van der Waals surface area contributed by atoms with Gasteiger partial charge in [-0.25, -0.2) is 0 Å². The smallest absolute Gasteiger partial charge is 0.300 e. The van der Waals surface area contributed by atoms with E-state index in [0.29, 0.717) is 22.4 Å². The number of Topliss-reactive ketones (excluding diaryl/α,β-unsaturated/α-hetero) is 2. The lowest BCUT2D eigenvalue weighted by molar-refractivity contribution is -0.384. The second-order valence-electron chi connectivity index (χ2n) is 7.49. The summed E-state index contributed by atoms with van der Waals surface area (Å²) in [4.78, 5) is 49.5. The molecule has 1 heterocycles. The van der Waals surface area contributed by atoms with Gasteiger partial charge in [-0.1, -0.05) is 30.3 Å². The van der Waals surface area contributed by atoms with Gasteiger partial charge in [0.2, 0.25) is 0 Å². The summed E-state index contributed by atoms with van der Waals surface area (Å²) in [6.07, 6.45) is 0. The maximum atomic E-state index is 13.1. The molecule has 1 unspecified atom stereocenters. The first-order chi connectivity index (χ1) is 15.8. The Bertz CT molecular complexity index is 1290. The van der Waals surface area contributed by atoms with Gasteiger partial charge in [-0.05, 0) is 48.9 Å². The maximum Gasteiger partial charge on any atom is 0.300 e. The Kier molecular flexibility index (Phi) is 5.58. The van der Waals surface area contributed by atoms with Crippen LogP contribution in [0.4, 0.5) is 11.4 Å². The second-order valence-corrected chi connectivity index (χ2v) is 7.49. The number of aliphatic hydroxyl groups is 1. The van der Waals surface area contributed by atoms with Gasteiger partial charge in [-0.2, -0.15) is 0 Å². The number of amides is 1. The van der Waals surface area contributed by atoms with Crippen molar-refractivity contribution >= 4 is 34.6 Å². The van der Waals surface area contributed by atoms with Crippen LogP contribution in [0.15, 0.2) is 84.4 Å². The van der Waals surface area contributed by atoms with Crippen molar-refractivity contribution in [1.82, 2.24) is 0 Å². The van der Waals surface area contributed by atoms with E-state index in [4.69, 9.17) is 0 Å². The molecule has 1 saturated heterocycles. The summed E-state index contributed by atoms with van der Waals surface area (Å²) in [5, 5.41) is 22.1. The van der Waals surface area contributed by atoms with E-state index >= 15 is 0 Å². The van der Waals surface area contributed by atoms with Crippen LogP contribution < -0.4 is 4.90 Å². The number of nitro groups is 1. The first-order valence-electron chi connectivity index (χ1n) is 10.0. The number of carbonyl (C=O) groups is 3. The molecule has 0 saturated carbocycles. The number of nitro benzene ring substituents is 1. The van der Waals surface area contributed by atoms with Crippen LogP contribution in [0.5, 0.6) is 0 Å². The zero-order chi connectivity index (χ0) is 23.7. The van der Waals surface area contributed by atoms with Crippen LogP contribution in [0.1, 0.15) is 34.5 Å². The fourth-order valence-electron chi connectivity index (χ4n) is 3.80. The van der Waals surface area contributed by atoms with Gasteiger partial charge in [0.05, 0.1) is 16.5 Å². The van der Waals surface area contributed by atoms with Crippen LogP contribution in [0, 0.1) is 10.1 Å². The largest absolute Gasteiger partial charge is 0.507 e. The Morgan fingerprint density at radius 3 is 2.06 bits per heavy atom. The lowest BCUT2D eigenvalue weighted by Gasteiger charge is -2.25. The first kappa shape index (κ1) is 21.6. The van der Waals surface area contributed by atoms with Crippen molar-refractivity contribution < 1.29 is 24.4 Å². The van der Waals surface area contributed by atoms with E-state index < -0.39 is 22.7 Å². The normalized spacial score (nSPS) is 17.2. The molecule has 0 aliphatic carbocycles. The highest BCUT2D eigenvalue weighted by Crippen LogP contribution is 2.42. The van der Waals surface area contributed by atoms with Crippen LogP contribution in [-0.2, 0) is 9.59 Å². The number of hydrogen-bond acceptors (Lipinski definition) is 6. The van der Waals surface area contributed by atoms with Gasteiger partial charge >= 0.3 is 0 Å². The highest BCUT2D eigenvalue weighted by atomic mass is 16.6. The molecule has 1 aliphatic heterocycles. The van der Waals surface area contributed by atoms with Gasteiger partial charge < -0.3 is 5.11 Å². The van der Waals surface area contributed by atoms with Crippen LogP contribution in [0.25, 0.3) is 5.76 Å². The number of anilines is 1. The summed E-state index contributed by atoms with van der Waals surface area (Å²) in [6.45, 7) is 1.41. The zero-order valence-electron chi connectivity index (χ0n) is 17.5. The molecule has 8 heteroatoms. The highest BCUT2D eigenvalue weighted by Gasteiger charge is 2.47. The fraction of sp³-hybridized carbons (Fsp3) is 0.0800. The van der Waals surface area contributed by atoms with Crippen LogP contribution in [-0.4, -0.2) is 27.5 Å². The highest BCUT2D eigenvalue weighted by molar-refractivity contribution is 6.51. The second kappa shape index (κ2) is 8.51. The number of carbonyl (C=O) groups excluding carboxylic acids is 3. The van der Waals surface area contributed by atoms with E-state index in [1.54, 1.807) is 54.6 Å². The molecule has 0 radical (unpaired) electrons. The monoisotopic (exact) mass is 442 g/mol. The van der Waals surface area contributed by atoms with Crippen LogP contribution in [0.3, 0.4) is 0 Å². The Hall–Kier alpha value is -4.59. The minimum atomic E-state index is -1.02. The van der Waals surface area contributed by atoms with Crippen molar-refractivity contribution in [2.45, 2.75) is 13.0 Å². The van der Waals surface area contributed by atoms with Crippen molar-refractivity contribution in [3.8, 4) is 0 Å². The summed E-state index contributed by atoms with van der Waals surface area (Å²) in [6, 6.07) is 18.9. The van der Waals surface area contributed by atoms with Gasteiger partial charge in [0, 0.05) is 28.9 Å². The molecule has 0 bridgehead atoms. The molecule has 164 valence electrons. The third-order valence-electron chi connectivity index (χ3n) is 5.46. The van der Waals surface area contributed by atoms with Crippen molar-refractivity contribution in [2.24, 2.45) is 0 Å². The van der Waals surface area contributed by atoms with Crippen LogP contribution >= 0.6 is 0 Å². The minimum Gasteiger partial charge on any atom is -0.507 e. The fourth-order valence-corrected chi connectivity index (χ4v) is 3.80. The van der Waals surface area contributed by atoms with Gasteiger partial charge in [0.25, 0.3) is 17.4 Å². The van der Waals surface area contributed by atoms with Gasteiger partial charge in [0.1, 0.15) is 5.76 Å². The van der Waals surface area contributed by atoms with Crippen molar-refractivity contribution in [2.75, 3.05) is 4.90 Å². The molecule has 1 N–H and O–H groups in total. The molecular formula is C25H18N2O6. The molecule has 4 rings (SSSR count). The SMILES string of the molecule is CC(=O)c1ccc(N2C(=O)C(=O)/C(=C(/O)c3ccccc3)C2c2ccc([N+](=O)[O-])cc2)cc1. The molecule has 1 aliphatic rings. The van der Waals surface area contributed by atoms with E-state index in [2.05, 4.69) is 0 Å². The molecule has 33 heavy (non-hydrogen) atoms. The molecule has 0 aromatic heterocycles. The van der Waals surface area contributed by atoms with Crippen molar-refractivity contribution in [3.63, 3.8) is 0 Å². The number of nitrogens with zero attached hydrogens (tertiary/aromatic N) is 2. The predicted molar refractivity (Wildman–Crippen MR) is 121 cm³/mol. The third kappa shape index (κ3) is 3.89. The summed E-state index contributed by atoms with van der Waals surface area (Å²) < 4.78 is 0. The lowest BCUT2D eigenvalue weighted by atomic mass is 9.95. The first-order valence-corrected chi connectivity index (χ1v) is 10.0. The topological polar surface area (TPSA) is 118 Å². The van der Waals surface area contributed by atoms with E-state index in [1.807, 2.05) is 0 Å². The minimum absolute atomic E-state index is 0.129. The van der Waals surface area contributed by atoms with Crippen LogP contribution in [0.2, 0.25) is 0 Å². The summed E-state index contributed by atoms with van der Waals surface area (Å²) in [7, 11) is 0. The number of benzene rings is 3. The van der Waals surface area contributed by atoms with Gasteiger partial charge in [-0.15, -0.1) is 0 Å². The van der Waals surface area contributed by atoms with E-state index in [9.17, 15) is 29.6 Å². The summed E-state index contributed by atoms with van der Waals surface area (Å²) in [5.74, 6) is -2.23. The number of aliphatic hydroxyl groups excluding tert-OH is 1. The average Bonchev–Trinajstić information content (AvgIpc) is 3.09. The molecule has 8 nitrogen and oxygen atoms in total. The van der Waals surface area contributed by atoms with E-state index in [0.717, 1.165) is 0 Å². The Morgan fingerprint density at radius 2 is 1.52 bits per heavy atom. The predicted octanol–water partition coefficient (Wildman–Crippen LogP) is 4.42. The maximum absolute atomic E-state index is 13.1. The van der Waals surface area contributed by atoms with Crippen molar-refractivity contribution in [3.05, 3.63) is 111 Å². The molecule has 1 amide bonds. The molecule has 3 aromatic carbocycles. The Morgan fingerprint density at radius 1 is 0.909 bits per heavy atom. The molecule has 3 aromatic rings. The molecule has 1 fully saturated rings. The van der Waals surface area contributed by atoms with Crippen molar-refractivity contribution in [1.29, 1.82) is 0 Å². The van der Waals surface area contributed by atoms with Gasteiger partial charge in [-0.3, -0.25) is 29.4 Å². The zero-order valence-corrected chi connectivity index (χ0v) is 17.5. The summed E-state index contributed by atoms with van der Waals surface area (Å²) in [5.41, 5.74) is 1.27. The lowest BCUT2D eigenvalue weighted by Crippen LogP contribution is -2.29. The number of ketones is 2. The third-order valence-corrected chi connectivity index (χ3v) is 5.46. The molecule has 0 spiro atoms. The Balaban J connectivity index is 1.91. The molecular weight excluding hydrogens is 424 g/mol. The summed E-state index contributed by atoms with van der Waals surface area (Å²) >= 11 is 0. The Labute approximate surface area is 188 Å². The number of hydrogen-bond donors (Lipinski definition) is 1. The quantitative estimate of drug-likeness (QED) is 0.156. The number of rotatable bonds is 5. The molecule has 1 atom stereocenters. The number of non-ortho nitro benzene ring substituents is 1. The van der Waals surface area contributed by atoms with Gasteiger partial charge in [0.15, 0.2) is 5.78 Å². The van der Waals surface area contributed by atoms with E-state index in [1.165, 1.54) is 36.1 Å². The average molecular weight is 442 g/mol. The standard InChI is InChI=1S/C25H18N2O6/c1-15(28)16-7-11-19(12-8-16)26-22(17-9-13-20(14-10-17)27(32)33)21(24(30)25(26)31)23(29)18-5-3-2-4-6-18/h2-14,22,29H,1H3/b23-21+. The van der Waals surface area contributed by atoms with E-state index in [-0.39, 0.29) is 22.8 Å².